The fourth-order valence-electron chi connectivity index (χ4n) is 2.12. The molecule has 0 spiro atoms. The average Bonchev–Trinajstić information content (AvgIpc) is 2.53. The van der Waals surface area contributed by atoms with Gasteiger partial charge in [0.05, 0.1) is 12.4 Å². The standard InChI is InChI=1S/C18H20O4S/c1-2-12-22-17-10-8-16(9-11-17)18(19)14-23(20,21)13-15-6-4-3-5-7-15/h3-11H,2,12-14H2,1H3. The molecule has 5 heteroatoms. The highest BCUT2D eigenvalue weighted by Crippen LogP contribution is 2.14. The molecule has 2 aromatic carbocycles. The molecule has 122 valence electrons. The third-order valence-electron chi connectivity index (χ3n) is 3.23. The molecule has 0 N–H and O–H groups in total. The van der Waals surface area contributed by atoms with Crippen molar-refractivity contribution in [1.82, 2.24) is 0 Å². The number of hydrogen-bond donors (Lipinski definition) is 0. The van der Waals surface area contributed by atoms with Gasteiger partial charge in [0.25, 0.3) is 0 Å². The minimum atomic E-state index is -3.49. The highest BCUT2D eigenvalue weighted by atomic mass is 32.2. The Hall–Kier alpha value is -2.14. The lowest BCUT2D eigenvalue weighted by Gasteiger charge is -2.06. The summed E-state index contributed by atoms with van der Waals surface area (Å²) >= 11 is 0. The molecule has 0 aliphatic heterocycles. The first-order valence-corrected chi connectivity index (χ1v) is 9.33. The summed E-state index contributed by atoms with van der Waals surface area (Å²) in [5, 5.41) is 0. The van der Waals surface area contributed by atoms with E-state index in [1.165, 1.54) is 0 Å². The van der Waals surface area contributed by atoms with E-state index in [0.717, 1.165) is 6.42 Å². The quantitative estimate of drug-likeness (QED) is 0.696. The number of sulfone groups is 1. The summed E-state index contributed by atoms with van der Waals surface area (Å²) in [6.45, 7) is 2.62. The van der Waals surface area contributed by atoms with E-state index in [2.05, 4.69) is 0 Å². The van der Waals surface area contributed by atoms with Crippen LogP contribution >= 0.6 is 0 Å². The van der Waals surface area contributed by atoms with Gasteiger partial charge in [-0.3, -0.25) is 4.79 Å². The monoisotopic (exact) mass is 332 g/mol. The van der Waals surface area contributed by atoms with Crippen LogP contribution in [-0.4, -0.2) is 26.6 Å². The second kappa shape index (κ2) is 7.92. The Kier molecular flexibility index (Phi) is 5.93. The number of Topliss-reactive ketones (excluding diaryl/α,β-unsaturated/α-hetero) is 1. The van der Waals surface area contributed by atoms with Crippen molar-refractivity contribution >= 4 is 15.6 Å². The Bertz CT molecular complexity index is 734. The van der Waals surface area contributed by atoms with Crippen molar-refractivity contribution < 1.29 is 17.9 Å². The van der Waals surface area contributed by atoms with Crippen LogP contribution in [0, 0.1) is 0 Å². The van der Waals surface area contributed by atoms with Crippen LogP contribution in [0.3, 0.4) is 0 Å². The number of carbonyl (C=O) groups is 1. The predicted molar refractivity (Wildman–Crippen MR) is 90.5 cm³/mol. The molecular formula is C18H20O4S. The van der Waals surface area contributed by atoms with Crippen molar-refractivity contribution in [2.45, 2.75) is 19.1 Å². The lowest BCUT2D eigenvalue weighted by atomic mass is 10.1. The van der Waals surface area contributed by atoms with Crippen LogP contribution in [0.25, 0.3) is 0 Å². The van der Waals surface area contributed by atoms with Gasteiger partial charge in [-0.1, -0.05) is 37.3 Å². The van der Waals surface area contributed by atoms with E-state index < -0.39 is 21.4 Å². The zero-order chi connectivity index (χ0) is 16.7. The molecule has 0 fully saturated rings. The molecule has 0 saturated carbocycles. The minimum Gasteiger partial charge on any atom is -0.494 e. The fraction of sp³-hybridized carbons (Fsp3) is 0.278. The summed E-state index contributed by atoms with van der Waals surface area (Å²) in [7, 11) is -3.49. The van der Waals surface area contributed by atoms with Gasteiger partial charge in [0.1, 0.15) is 11.5 Å². The number of ether oxygens (including phenoxy) is 1. The zero-order valence-electron chi connectivity index (χ0n) is 13.1. The lowest BCUT2D eigenvalue weighted by molar-refractivity contribution is 0.102. The Morgan fingerprint density at radius 3 is 2.26 bits per heavy atom. The maximum atomic E-state index is 12.2. The number of carbonyl (C=O) groups excluding carboxylic acids is 1. The molecule has 0 amide bonds. The van der Waals surface area contributed by atoms with E-state index in [1.807, 2.05) is 13.0 Å². The molecule has 0 aliphatic carbocycles. The zero-order valence-corrected chi connectivity index (χ0v) is 13.9. The van der Waals surface area contributed by atoms with Gasteiger partial charge in [0.15, 0.2) is 15.6 Å². The molecule has 0 heterocycles. The third-order valence-corrected chi connectivity index (χ3v) is 4.70. The van der Waals surface area contributed by atoms with Gasteiger partial charge in [0, 0.05) is 5.56 Å². The van der Waals surface area contributed by atoms with Crippen molar-refractivity contribution in [3.8, 4) is 5.75 Å². The molecule has 4 nitrogen and oxygen atoms in total. The van der Waals surface area contributed by atoms with Gasteiger partial charge in [-0.15, -0.1) is 0 Å². The van der Waals surface area contributed by atoms with Crippen molar-refractivity contribution in [2.75, 3.05) is 12.4 Å². The summed E-state index contributed by atoms with van der Waals surface area (Å²) in [5.74, 6) is -0.340. The number of benzene rings is 2. The Labute approximate surface area is 137 Å². The lowest BCUT2D eigenvalue weighted by Crippen LogP contribution is -2.18. The first-order chi connectivity index (χ1) is 11.0. The SMILES string of the molecule is CCCOc1ccc(C(=O)CS(=O)(=O)Cc2ccccc2)cc1. The summed E-state index contributed by atoms with van der Waals surface area (Å²) in [6.07, 6.45) is 0.901. The van der Waals surface area contributed by atoms with Crippen LogP contribution in [-0.2, 0) is 15.6 Å². The predicted octanol–water partition coefficient (Wildman–Crippen LogP) is 3.27. The second-order valence-electron chi connectivity index (χ2n) is 5.31. The maximum Gasteiger partial charge on any atom is 0.177 e. The molecule has 0 aromatic heterocycles. The maximum absolute atomic E-state index is 12.2. The summed E-state index contributed by atoms with van der Waals surface area (Å²) in [5.41, 5.74) is 1.06. The van der Waals surface area contributed by atoms with E-state index in [1.54, 1.807) is 48.5 Å². The van der Waals surface area contributed by atoms with Crippen LogP contribution < -0.4 is 4.74 Å². The van der Waals surface area contributed by atoms with Crippen LogP contribution in [0.1, 0.15) is 29.3 Å². The number of ketones is 1. The van der Waals surface area contributed by atoms with Gasteiger partial charge in [0.2, 0.25) is 0 Å². The molecule has 0 atom stereocenters. The van der Waals surface area contributed by atoms with Crippen LogP contribution in [0.2, 0.25) is 0 Å². The van der Waals surface area contributed by atoms with Crippen molar-refractivity contribution in [3.63, 3.8) is 0 Å². The number of rotatable bonds is 8. The molecular weight excluding hydrogens is 312 g/mol. The Balaban J connectivity index is 2.00. The Morgan fingerprint density at radius 1 is 1.00 bits per heavy atom. The van der Waals surface area contributed by atoms with Gasteiger partial charge in [-0.25, -0.2) is 8.42 Å². The highest BCUT2D eigenvalue weighted by Gasteiger charge is 2.18. The van der Waals surface area contributed by atoms with Crippen molar-refractivity contribution in [3.05, 3.63) is 65.7 Å². The van der Waals surface area contributed by atoms with Gasteiger partial charge in [-0.2, -0.15) is 0 Å². The molecule has 0 radical (unpaired) electrons. The summed E-state index contributed by atoms with van der Waals surface area (Å²) < 4.78 is 29.7. The third kappa shape index (κ3) is 5.53. The molecule has 0 unspecified atom stereocenters. The van der Waals surface area contributed by atoms with E-state index in [-0.39, 0.29) is 5.75 Å². The molecule has 0 saturated heterocycles. The van der Waals surface area contributed by atoms with E-state index in [4.69, 9.17) is 4.74 Å². The smallest absolute Gasteiger partial charge is 0.177 e. The topological polar surface area (TPSA) is 60.4 Å². The molecule has 0 bridgehead atoms. The first-order valence-electron chi connectivity index (χ1n) is 7.50. The van der Waals surface area contributed by atoms with Gasteiger partial charge < -0.3 is 4.74 Å². The summed E-state index contributed by atoms with van der Waals surface area (Å²) in [6, 6.07) is 15.4. The first kappa shape index (κ1) is 17.2. The van der Waals surface area contributed by atoms with Crippen LogP contribution in [0.5, 0.6) is 5.75 Å². The minimum absolute atomic E-state index is 0.128. The number of hydrogen-bond acceptors (Lipinski definition) is 4. The largest absolute Gasteiger partial charge is 0.494 e. The second-order valence-corrected chi connectivity index (χ2v) is 7.38. The van der Waals surface area contributed by atoms with Gasteiger partial charge in [-0.05, 0) is 36.2 Å². The van der Waals surface area contributed by atoms with E-state index >= 15 is 0 Å². The average molecular weight is 332 g/mol. The van der Waals surface area contributed by atoms with E-state index in [9.17, 15) is 13.2 Å². The Morgan fingerprint density at radius 2 is 1.65 bits per heavy atom. The fourth-order valence-corrected chi connectivity index (χ4v) is 3.49. The van der Waals surface area contributed by atoms with Crippen LogP contribution in [0.4, 0.5) is 0 Å². The molecule has 23 heavy (non-hydrogen) atoms. The molecule has 2 aromatic rings. The highest BCUT2D eigenvalue weighted by molar-refractivity contribution is 7.91. The van der Waals surface area contributed by atoms with Gasteiger partial charge >= 0.3 is 0 Å². The molecule has 2 rings (SSSR count). The summed E-state index contributed by atoms with van der Waals surface area (Å²) in [4.78, 5) is 12.2. The van der Waals surface area contributed by atoms with Crippen molar-refractivity contribution in [1.29, 1.82) is 0 Å². The van der Waals surface area contributed by atoms with E-state index in [0.29, 0.717) is 23.5 Å². The van der Waals surface area contributed by atoms with Crippen molar-refractivity contribution in [2.24, 2.45) is 0 Å². The van der Waals surface area contributed by atoms with Crippen LogP contribution in [0.15, 0.2) is 54.6 Å². The normalized spacial score (nSPS) is 11.2. The molecule has 0 aliphatic rings.